The lowest BCUT2D eigenvalue weighted by Crippen LogP contribution is -2.55. The zero-order valence-corrected chi connectivity index (χ0v) is 23.4. The van der Waals surface area contributed by atoms with Gasteiger partial charge in [0.15, 0.2) is 11.9 Å². The molecule has 0 radical (unpaired) electrons. The van der Waals surface area contributed by atoms with Crippen molar-refractivity contribution in [3.05, 3.63) is 59.7 Å². The minimum absolute atomic E-state index is 0.0594. The van der Waals surface area contributed by atoms with Crippen LogP contribution in [-0.4, -0.2) is 27.8 Å². The fourth-order valence-electron chi connectivity index (χ4n) is 9.19. The summed E-state index contributed by atoms with van der Waals surface area (Å²) in [5.74, 6) is -0.310. The molecule has 3 fully saturated rings. The van der Waals surface area contributed by atoms with E-state index >= 15 is 0 Å². The molecule has 38 heavy (non-hydrogen) atoms. The van der Waals surface area contributed by atoms with Crippen LogP contribution in [0, 0.1) is 47.3 Å². The third-order valence-electron chi connectivity index (χ3n) is 11.2. The smallest absolute Gasteiger partial charge is 0.337 e. The summed E-state index contributed by atoms with van der Waals surface area (Å²) in [6, 6.07) is 7.28. The number of aliphatic carboxylic acids is 1. The van der Waals surface area contributed by atoms with E-state index in [1.165, 1.54) is 5.57 Å². The summed E-state index contributed by atoms with van der Waals surface area (Å²) in [6.45, 7) is 12.5. The molecule has 9 atom stereocenters. The van der Waals surface area contributed by atoms with Gasteiger partial charge in [0.1, 0.15) is 5.78 Å². The van der Waals surface area contributed by atoms with Crippen LogP contribution in [0.15, 0.2) is 48.6 Å². The fourth-order valence-corrected chi connectivity index (χ4v) is 9.19. The average molecular weight is 521 g/mol. The highest BCUT2D eigenvalue weighted by Gasteiger charge is 2.62. The third kappa shape index (κ3) is 4.40. The number of rotatable bonds is 7. The molecule has 3 saturated carbocycles. The van der Waals surface area contributed by atoms with Crippen molar-refractivity contribution in [3.63, 3.8) is 0 Å². The Bertz CT molecular complexity index is 1140. The van der Waals surface area contributed by atoms with Gasteiger partial charge in [0.05, 0.1) is 0 Å². The number of carboxylic acid groups (broad SMARTS) is 1. The van der Waals surface area contributed by atoms with Crippen molar-refractivity contribution >= 4 is 11.8 Å². The molecule has 1 aromatic carbocycles. The molecule has 0 spiro atoms. The number of hydrogen-bond acceptors (Lipinski definition) is 4. The summed E-state index contributed by atoms with van der Waals surface area (Å²) in [6.07, 6.45) is 9.80. The predicted molar refractivity (Wildman–Crippen MR) is 147 cm³/mol. The van der Waals surface area contributed by atoms with E-state index in [1.807, 2.05) is 25.1 Å². The zero-order valence-electron chi connectivity index (χ0n) is 23.4. The van der Waals surface area contributed by atoms with Crippen LogP contribution in [0.4, 0.5) is 0 Å². The lowest BCUT2D eigenvalue weighted by Gasteiger charge is -2.60. The van der Waals surface area contributed by atoms with Crippen molar-refractivity contribution in [1.82, 2.24) is 0 Å². The molecule has 0 heterocycles. The van der Waals surface area contributed by atoms with Crippen LogP contribution in [0.3, 0.4) is 0 Å². The van der Waals surface area contributed by atoms with Gasteiger partial charge in [-0.05, 0) is 92.4 Å². The van der Waals surface area contributed by atoms with Gasteiger partial charge in [0.25, 0.3) is 0 Å². The summed E-state index contributed by atoms with van der Waals surface area (Å²) in [7, 11) is 0. The molecule has 5 nitrogen and oxygen atoms in total. The Balaban J connectivity index is 1.45. The Hall–Kier alpha value is -2.24. The second-order valence-electron chi connectivity index (χ2n) is 13.2. The number of fused-ring (bicyclic) bond motifs is 5. The quantitative estimate of drug-likeness (QED) is 0.305. The molecule has 4 aliphatic carbocycles. The molecule has 1 aromatic rings. The largest absolute Gasteiger partial charge is 0.479 e. The highest BCUT2D eigenvalue weighted by Crippen LogP contribution is 2.68. The molecule has 206 valence electrons. The van der Waals surface area contributed by atoms with Gasteiger partial charge in [-0.1, -0.05) is 61.4 Å². The zero-order chi connectivity index (χ0) is 27.5. The molecular formula is C33H44O5. The Morgan fingerprint density at radius 3 is 2.45 bits per heavy atom. The third-order valence-corrected chi connectivity index (χ3v) is 11.2. The minimum atomic E-state index is -1.53. The Morgan fingerprint density at radius 1 is 1.11 bits per heavy atom. The first-order valence-corrected chi connectivity index (χ1v) is 14.4. The average Bonchev–Trinajstić information content (AvgIpc) is 3.22. The number of aryl methyl sites for hydroxylation is 1. The maximum atomic E-state index is 12.6. The Kier molecular flexibility index (Phi) is 7.01. The molecule has 2 N–H and O–H groups in total. The van der Waals surface area contributed by atoms with Gasteiger partial charge in [-0.3, -0.25) is 4.79 Å². The first-order valence-electron chi connectivity index (χ1n) is 14.4. The number of allylic oxidation sites excluding steroid dienone is 2. The lowest BCUT2D eigenvalue weighted by atomic mass is 9.45. The van der Waals surface area contributed by atoms with E-state index in [0.717, 1.165) is 44.1 Å². The van der Waals surface area contributed by atoms with Crippen molar-refractivity contribution in [2.24, 2.45) is 40.4 Å². The van der Waals surface area contributed by atoms with Crippen LogP contribution in [0.1, 0.15) is 89.4 Å². The highest BCUT2D eigenvalue weighted by molar-refractivity contribution is 5.79. The van der Waals surface area contributed by atoms with Crippen molar-refractivity contribution in [2.75, 3.05) is 0 Å². The van der Waals surface area contributed by atoms with E-state index in [-0.39, 0.29) is 16.7 Å². The van der Waals surface area contributed by atoms with Crippen LogP contribution in [0.5, 0.6) is 0 Å². The van der Waals surface area contributed by atoms with Gasteiger partial charge < -0.3 is 14.9 Å². The lowest BCUT2D eigenvalue weighted by molar-refractivity contribution is -0.252. The number of carbonyl (C=O) groups is 2. The number of carboxylic acids is 1. The van der Waals surface area contributed by atoms with Crippen LogP contribution >= 0.6 is 0 Å². The number of Topliss-reactive ketones (excluding diaryl/α,β-unsaturated/α-hetero) is 1. The summed E-state index contributed by atoms with van der Waals surface area (Å²) in [4.78, 5) is 24.8. The summed E-state index contributed by atoms with van der Waals surface area (Å²) >= 11 is 0. The first kappa shape index (κ1) is 27.3. The topological polar surface area (TPSA) is 83.8 Å². The standard InChI is InChI=1S/C33H44O5/c1-6-7-23-18-24-19-33(37,38-29(30(35)36)22-10-8-20(2)9-11-22)17-16-31(24,4)27-14-15-32(5)25(21(3)34)12-13-26(32)28(23)27/h6,8-11,18,23,25-29,37H,1,7,12-17,19H2,2-5H3,(H,35,36)/t23?,25-,26+,27+,28+,29?,31+,32-,33?/m1/s1. The van der Waals surface area contributed by atoms with Crippen LogP contribution in [-0.2, 0) is 14.3 Å². The van der Waals surface area contributed by atoms with E-state index in [1.54, 1.807) is 19.1 Å². The van der Waals surface area contributed by atoms with E-state index in [2.05, 4.69) is 26.5 Å². The van der Waals surface area contributed by atoms with Gasteiger partial charge in [0, 0.05) is 18.8 Å². The number of carbonyl (C=O) groups excluding carboxylic acids is 1. The number of ketones is 1. The number of hydrogen-bond donors (Lipinski definition) is 2. The summed E-state index contributed by atoms with van der Waals surface area (Å²) in [5, 5.41) is 21.7. The maximum absolute atomic E-state index is 12.6. The minimum Gasteiger partial charge on any atom is -0.479 e. The predicted octanol–water partition coefficient (Wildman–Crippen LogP) is 6.80. The number of aliphatic hydroxyl groups is 1. The van der Waals surface area contributed by atoms with E-state index in [0.29, 0.717) is 47.9 Å². The molecule has 3 unspecified atom stereocenters. The van der Waals surface area contributed by atoms with E-state index < -0.39 is 17.9 Å². The number of ether oxygens (including phenoxy) is 1. The van der Waals surface area contributed by atoms with Crippen LogP contribution in [0.2, 0.25) is 0 Å². The molecule has 4 aliphatic rings. The first-order chi connectivity index (χ1) is 17.9. The maximum Gasteiger partial charge on any atom is 0.337 e. The van der Waals surface area contributed by atoms with Crippen LogP contribution < -0.4 is 0 Å². The van der Waals surface area contributed by atoms with E-state index in [9.17, 15) is 19.8 Å². The van der Waals surface area contributed by atoms with Gasteiger partial charge in [-0.25, -0.2) is 4.79 Å². The monoisotopic (exact) mass is 520 g/mol. The van der Waals surface area contributed by atoms with Crippen molar-refractivity contribution in [2.45, 2.75) is 91.0 Å². The van der Waals surface area contributed by atoms with Gasteiger partial charge in [-0.2, -0.15) is 0 Å². The van der Waals surface area contributed by atoms with Crippen molar-refractivity contribution < 1.29 is 24.5 Å². The SMILES string of the molecule is C=CCC1C=C2CC(O)(OC(C(=O)O)c3ccc(C)cc3)CC[C@]2(C)[C@H]2CC[C@]3(C)[C@@H](C(C)=O)CC[C@H]3[C@H]12. The molecule has 5 rings (SSSR count). The second-order valence-corrected chi connectivity index (χ2v) is 13.2. The molecule has 0 aromatic heterocycles. The second kappa shape index (κ2) is 9.75. The van der Waals surface area contributed by atoms with E-state index in [4.69, 9.17) is 4.74 Å². The van der Waals surface area contributed by atoms with Gasteiger partial charge in [-0.15, -0.1) is 6.58 Å². The normalized spacial score (nSPS) is 40.8. The molecule has 0 bridgehead atoms. The van der Waals surface area contributed by atoms with Gasteiger partial charge >= 0.3 is 5.97 Å². The fraction of sp³-hybridized carbons (Fsp3) is 0.636. The summed E-state index contributed by atoms with van der Waals surface area (Å²) in [5.41, 5.74) is 2.80. The van der Waals surface area contributed by atoms with Crippen molar-refractivity contribution in [1.29, 1.82) is 0 Å². The molecule has 0 amide bonds. The van der Waals surface area contributed by atoms with Crippen molar-refractivity contribution in [3.8, 4) is 0 Å². The van der Waals surface area contributed by atoms with Gasteiger partial charge in [0.2, 0.25) is 0 Å². The summed E-state index contributed by atoms with van der Waals surface area (Å²) < 4.78 is 6.07. The Morgan fingerprint density at radius 2 is 1.82 bits per heavy atom. The molecule has 0 aliphatic heterocycles. The van der Waals surface area contributed by atoms with Crippen LogP contribution in [0.25, 0.3) is 0 Å². The Labute approximate surface area is 227 Å². The molecular weight excluding hydrogens is 476 g/mol. The number of benzene rings is 1. The molecule has 5 heteroatoms. The molecule has 0 saturated heterocycles. The highest BCUT2D eigenvalue weighted by atomic mass is 16.6.